The van der Waals surface area contributed by atoms with Crippen LogP contribution < -0.4 is 10.6 Å². The van der Waals surface area contributed by atoms with Crippen LogP contribution in [-0.4, -0.2) is 35.5 Å². The predicted molar refractivity (Wildman–Crippen MR) is 82.0 cm³/mol. The zero-order chi connectivity index (χ0) is 15.4. The average Bonchev–Trinajstić information content (AvgIpc) is 2.55. The molecular weight excluding hydrogens is 283 g/mol. The highest BCUT2D eigenvalue weighted by molar-refractivity contribution is 6.04. The number of nitrogens with zero attached hydrogens (tertiary/aromatic N) is 2. The van der Waals surface area contributed by atoms with E-state index in [1.54, 1.807) is 0 Å². The minimum Gasteiger partial charge on any atom is -0.352 e. The van der Waals surface area contributed by atoms with Gasteiger partial charge in [0.25, 0.3) is 5.91 Å². The number of amides is 1. The molecule has 3 rings (SSSR count). The maximum absolute atomic E-state index is 13.6. The van der Waals surface area contributed by atoms with Gasteiger partial charge in [-0.3, -0.25) is 14.8 Å². The van der Waals surface area contributed by atoms with E-state index in [1.165, 1.54) is 37.4 Å². The Morgan fingerprint density at radius 3 is 3.05 bits per heavy atom. The highest BCUT2D eigenvalue weighted by Gasteiger charge is 2.16. The van der Waals surface area contributed by atoms with Crippen LogP contribution in [0.2, 0.25) is 0 Å². The van der Waals surface area contributed by atoms with Crippen LogP contribution in [0.3, 0.4) is 0 Å². The van der Waals surface area contributed by atoms with E-state index < -0.39 is 5.82 Å². The van der Waals surface area contributed by atoms with Crippen LogP contribution in [0.1, 0.15) is 29.6 Å². The molecule has 0 bridgehead atoms. The zero-order valence-electron chi connectivity index (χ0n) is 12.3. The lowest BCUT2D eigenvalue weighted by molar-refractivity contribution is 0.0951. The van der Waals surface area contributed by atoms with E-state index in [-0.39, 0.29) is 11.5 Å². The van der Waals surface area contributed by atoms with Gasteiger partial charge in [-0.15, -0.1) is 0 Å². The molecule has 1 aliphatic rings. The number of rotatable bonds is 4. The van der Waals surface area contributed by atoms with Crippen molar-refractivity contribution in [3.05, 3.63) is 35.9 Å². The number of nitrogens with one attached hydrogen (secondary N) is 2. The summed E-state index contributed by atoms with van der Waals surface area (Å²) in [4.78, 5) is 20.5. The van der Waals surface area contributed by atoms with Crippen LogP contribution >= 0.6 is 0 Å². The summed E-state index contributed by atoms with van der Waals surface area (Å²) in [6.07, 6.45) is 6.29. The molecule has 0 radical (unpaired) electrons. The SMILES string of the molecule is O=C(NCCC1CCCNC1)c1cc(F)cc2nccnc12. The van der Waals surface area contributed by atoms with Crippen molar-refractivity contribution in [3.63, 3.8) is 0 Å². The topological polar surface area (TPSA) is 66.9 Å². The maximum atomic E-state index is 13.6. The summed E-state index contributed by atoms with van der Waals surface area (Å²) in [5.74, 6) is -0.179. The molecule has 1 amide bonds. The summed E-state index contributed by atoms with van der Waals surface area (Å²) < 4.78 is 13.6. The molecule has 5 nitrogen and oxygen atoms in total. The molecule has 1 aromatic heterocycles. The van der Waals surface area contributed by atoms with E-state index in [9.17, 15) is 9.18 Å². The van der Waals surface area contributed by atoms with Crippen molar-refractivity contribution in [3.8, 4) is 0 Å². The van der Waals surface area contributed by atoms with Gasteiger partial charge >= 0.3 is 0 Å². The minimum atomic E-state index is -0.477. The molecule has 1 aromatic carbocycles. The number of carbonyl (C=O) groups excluding carboxylic acids is 1. The van der Waals surface area contributed by atoms with Crippen LogP contribution in [0, 0.1) is 11.7 Å². The summed E-state index contributed by atoms with van der Waals surface area (Å²) in [5, 5.41) is 6.22. The second kappa shape index (κ2) is 6.79. The Balaban J connectivity index is 1.67. The maximum Gasteiger partial charge on any atom is 0.253 e. The molecule has 0 aliphatic carbocycles. The highest BCUT2D eigenvalue weighted by Crippen LogP contribution is 2.17. The number of hydrogen-bond donors (Lipinski definition) is 2. The van der Waals surface area contributed by atoms with Gasteiger partial charge in [0, 0.05) is 25.0 Å². The third-order valence-corrected chi connectivity index (χ3v) is 4.02. The van der Waals surface area contributed by atoms with Crippen molar-refractivity contribution in [2.24, 2.45) is 5.92 Å². The molecule has 2 N–H and O–H groups in total. The molecule has 116 valence electrons. The Kier molecular flexibility index (Phi) is 4.58. The van der Waals surface area contributed by atoms with Gasteiger partial charge in [-0.2, -0.15) is 0 Å². The van der Waals surface area contributed by atoms with Crippen LogP contribution in [0.25, 0.3) is 11.0 Å². The number of carbonyl (C=O) groups is 1. The Morgan fingerprint density at radius 2 is 2.23 bits per heavy atom. The molecular formula is C16H19FN4O. The van der Waals surface area contributed by atoms with Crippen LogP contribution in [0.4, 0.5) is 4.39 Å². The van der Waals surface area contributed by atoms with E-state index in [1.807, 2.05) is 0 Å². The largest absolute Gasteiger partial charge is 0.352 e. The minimum absolute atomic E-state index is 0.241. The van der Waals surface area contributed by atoms with Gasteiger partial charge in [0.15, 0.2) is 0 Å². The second-order valence-corrected chi connectivity index (χ2v) is 5.63. The molecule has 0 spiro atoms. The summed E-state index contributed by atoms with van der Waals surface area (Å²) in [5.41, 5.74) is 1.06. The number of halogens is 1. The number of piperidine rings is 1. The van der Waals surface area contributed by atoms with Crippen molar-refractivity contribution >= 4 is 16.9 Å². The van der Waals surface area contributed by atoms with Gasteiger partial charge in [0.05, 0.1) is 11.1 Å². The summed E-state index contributed by atoms with van der Waals surface area (Å²) >= 11 is 0. The molecule has 1 fully saturated rings. The van der Waals surface area contributed by atoms with Crippen molar-refractivity contribution < 1.29 is 9.18 Å². The number of hydrogen-bond acceptors (Lipinski definition) is 4. The van der Waals surface area contributed by atoms with Crippen molar-refractivity contribution in [1.82, 2.24) is 20.6 Å². The van der Waals surface area contributed by atoms with Gasteiger partial charge in [0.1, 0.15) is 11.3 Å². The first-order valence-electron chi connectivity index (χ1n) is 7.63. The summed E-state index contributed by atoms with van der Waals surface area (Å²) in [6.45, 7) is 2.67. The Morgan fingerprint density at radius 1 is 1.36 bits per heavy atom. The molecule has 1 unspecified atom stereocenters. The lowest BCUT2D eigenvalue weighted by Gasteiger charge is -2.22. The first kappa shape index (κ1) is 14.8. The predicted octanol–water partition coefficient (Wildman–Crippen LogP) is 1.89. The van der Waals surface area contributed by atoms with Gasteiger partial charge in [-0.05, 0) is 44.3 Å². The summed E-state index contributed by atoms with van der Waals surface area (Å²) in [6, 6.07) is 2.50. The van der Waals surface area contributed by atoms with E-state index in [2.05, 4.69) is 20.6 Å². The Hall–Kier alpha value is -2.08. The molecule has 0 saturated carbocycles. The highest BCUT2D eigenvalue weighted by atomic mass is 19.1. The quantitative estimate of drug-likeness (QED) is 0.905. The smallest absolute Gasteiger partial charge is 0.253 e. The number of fused-ring (bicyclic) bond motifs is 1. The fourth-order valence-electron chi connectivity index (χ4n) is 2.87. The van der Waals surface area contributed by atoms with Crippen molar-refractivity contribution in [1.29, 1.82) is 0 Å². The Bertz CT molecular complexity index is 670. The molecule has 1 aliphatic heterocycles. The molecule has 22 heavy (non-hydrogen) atoms. The van der Waals surface area contributed by atoms with E-state index in [0.717, 1.165) is 19.5 Å². The van der Waals surface area contributed by atoms with Crippen LogP contribution in [0.15, 0.2) is 24.5 Å². The number of benzene rings is 1. The van der Waals surface area contributed by atoms with Gasteiger partial charge in [-0.25, -0.2) is 4.39 Å². The van der Waals surface area contributed by atoms with E-state index >= 15 is 0 Å². The van der Waals surface area contributed by atoms with E-state index in [0.29, 0.717) is 23.5 Å². The normalized spacial score (nSPS) is 18.3. The van der Waals surface area contributed by atoms with Gasteiger partial charge in [0.2, 0.25) is 0 Å². The Labute approximate surface area is 128 Å². The van der Waals surface area contributed by atoms with Crippen LogP contribution in [0.5, 0.6) is 0 Å². The molecule has 2 heterocycles. The fourth-order valence-corrected chi connectivity index (χ4v) is 2.87. The first-order chi connectivity index (χ1) is 10.7. The molecule has 2 aromatic rings. The van der Waals surface area contributed by atoms with Crippen molar-refractivity contribution in [2.45, 2.75) is 19.3 Å². The lowest BCUT2D eigenvalue weighted by atomic mass is 9.96. The monoisotopic (exact) mass is 302 g/mol. The molecule has 1 saturated heterocycles. The van der Waals surface area contributed by atoms with Crippen LogP contribution in [-0.2, 0) is 0 Å². The fraction of sp³-hybridized carbons (Fsp3) is 0.438. The lowest BCUT2D eigenvalue weighted by Crippen LogP contribution is -2.33. The van der Waals surface area contributed by atoms with Crippen molar-refractivity contribution in [2.75, 3.05) is 19.6 Å². The molecule has 6 heteroatoms. The van der Waals surface area contributed by atoms with Gasteiger partial charge < -0.3 is 10.6 Å². The van der Waals surface area contributed by atoms with Gasteiger partial charge in [-0.1, -0.05) is 0 Å². The zero-order valence-corrected chi connectivity index (χ0v) is 12.3. The molecule has 1 atom stereocenters. The third kappa shape index (κ3) is 3.39. The standard InChI is InChI=1S/C16H19FN4O/c17-12-8-13(15-14(9-12)19-6-7-20-15)16(22)21-5-3-11-2-1-4-18-10-11/h6-9,11,18H,1-5,10H2,(H,21,22). The first-order valence-corrected chi connectivity index (χ1v) is 7.63. The van der Waals surface area contributed by atoms with E-state index in [4.69, 9.17) is 0 Å². The third-order valence-electron chi connectivity index (χ3n) is 4.02. The number of aromatic nitrogens is 2. The average molecular weight is 302 g/mol. The second-order valence-electron chi connectivity index (χ2n) is 5.63. The summed E-state index contributed by atoms with van der Waals surface area (Å²) in [7, 11) is 0.